The Kier molecular flexibility index (Phi) is 3.34. The summed E-state index contributed by atoms with van der Waals surface area (Å²) in [6.07, 6.45) is 3.90. The molecule has 0 aromatic carbocycles. The minimum absolute atomic E-state index is 0.206. The zero-order valence-electron chi connectivity index (χ0n) is 6.20. The number of aromatic nitrogens is 2. The molecule has 0 aliphatic carbocycles. The molecule has 0 fully saturated rings. The fraction of sp³-hybridized carbons (Fsp3) is 0.429. The van der Waals surface area contributed by atoms with E-state index in [9.17, 15) is 0 Å². The maximum atomic E-state index is 8.47. The van der Waals surface area contributed by atoms with E-state index in [1.165, 1.54) is 6.33 Å². The number of aliphatic hydroxyl groups is 1. The van der Waals surface area contributed by atoms with Gasteiger partial charge in [0.25, 0.3) is 0 Å². The first kappa shape index (κ1) is 7.94. The minimum atomic E-state index is 0.206. The smallest absolute Gasteiger partial charge is 0.129 e. The predicted molar refractivity (Wildman–Crippen MR) is 42.2 cm³/mol. The van der Waals surface area contributed by atoms with Gasteiger partial charge < -0.3 is 10.4 Å². The Morgan fingerprint density at radius 1 is 1.55 bits per heavy atom. The van der Waals surface area contributed by atoms with Crippen molar-refractivity contribution in [3.8, 4) is 0 Å². The molecule has 0 atom stereocenters. The Bertz CT molecular complexity index is 190. The van der Waals surface area contributed by atoms with Crippen LogP contribution in [0.5, 0.6) is 0 Å². The minimum Gasteiger partial charge on any atom is -0.396 e. The maximum Gasteiger partial charge on any atom is 0.129 e. The Morgan fingerprint density at radius 3 is 3.09 bits per heavy atom. The Hall–Kier alpha value is -1.16. The SMILES string of the molecule is OCCCNc1ccncn1. The van der Waals surface area contributed by atoms with Crippen molar-refractivity contribution in [1.29, 1.82) is 0 Å². The van der Waals surface area contributed by atoms with Gasteiger partial charge in [0.05, 0.1) is 0 Å². The lowest BCUT2D eigenvalue weighted by Crippen LogP contribution is -2.04. The van der Waals surface area contributed by atoms with Gasteiger partial charge in [-0.2, -0.15) is 0 Å². The predicted octanol–water partition coefficient (Wildman–Crippen LogP) is 0.271. The summed E-state index contributed by atoms with van der Waals surface area (Å²) in [6, 6.07) is 1.79. The topological polar surface area (TPSA) is 58.0 Å². The molecule has 60 valence electrons. The van der Waals surface area contributed by atoms with Crippen molar-refractivity contribution in [2.24, 2.45) is 0 Å². The van der Waals surface area contributed by atoms with Crippen molar-refractivity contribution in [2.45, 2.75) is 6.42 Å². The number of aliphatic hydroxyl groups excluding tert-OH is 1. The molecule has 0 aliphatic heterocycles. The lowest BCUT2D eigenvalue weighted by Gasteiger charge is -2.01. The Morgan fingerprint density at radius 2 is 2.45 bits per heavy atom. The molecule has 4 nitrogen and oxygen atoms in total. The van der Waals surface area contributed by atoms with E-state index in [0.29, 0.717) is 0 Å². The molecule has 11 heavy (non-hydrogen) atoms. The Balaban J connectivity index is 2.28. The van der Waals surface area contributed by atoms with Gasteiger partial charge in [-0.1, -0.05) is 0 Å². The Labute approximate surface area is 65.3 Å². The molecule has 0 saturated carbocycles. The molecule has 0 aliphatic rings. The molecule has 0 radical (unpaired) electrons. The van der Waals surface area contributed by atoms with Crippen LogP contribution in [0.3, 0.4) is 0 Å². The molecule has 0 saturated heterocycles. The third-order valence-corrected chi connectivity index (χ3v) is 1.22. The lowest BCUT2D eigenvalue weighted by atomic mass is 10.4. The largest absolute Gasteiger partial charge is 0.396 e. The summed E-state index contributed by atoms with van der Waals surface area (Å²) in [7, 11) is 0. The van der Waals surface area contributed by atoms with Crippen LogP contribution in [-0.2, 0) is 0 Å². The highest BCUT2D eigenvalue weighted by Crippen LogP contribution is 1.96. The normalized spacial score (nSPS) is 9.55. The average Bonchev–Trinajstić information content (AvgIpc) is 2.07. The molecule has 1 heterocycles. The van der Waals surface area contributed by atoms with Crippen LogP contribution in [0.15, 0.2) is 18.6 Å². The molecular formula is C7H11N3O. The van der Waals surface area contributed by atoms with Gasteiger partial charge in [0.1, 0.15) is 12.1 Å². The van der Waals surface area contributed by atoms with Crippen LogP contribution in [0.4, 0.5) is 5.82 Å². The zero-order valence-corrected chi connectivity index (χ0v) is 6.20. The fourth-order valence-corrected chi connectivity index (χ4v) is 0.691. The van der Waals surface area contributed by atoms with Gasteiger partial charge >= 0.3 is 0 Å². The summed E-state index contributed by atoms with van der Waals surface area (Å²) >= 11 is 0. The van der Waals surface area contributed by atoms with E-state index >= 15 is 0 Å². The van der Waals surface area contributed by atoms with E-state index in [-0.39, 0.29) is 6.61 Å². The second-order valence-electron chi connectivity index (χ2n) is 2.10. The summed E-state index contributed by atoms with van der Waals surface area (Å²) < 4.78 is 0. The first-order chi connectivity index (χ1) is 5.43. The number of nitrogens with one attached hydrogen (secondary N) is 1. The molecule has 0 amide bonds. The molecule has 4 heteroatoms. The quantitative estimate of drug-likeness (QED) is 0.610. The van der Waals surface area contributed by atoms with Gasteiger partial charge in [-0.3, -0.25) is 0 Å². The summed E-state index contributed by atoms with van der Waals surface area (Å²) in [5.74, 6) is 0.799. The first-order valence-corrected chi connectivity index (χ1v) is 3.54. The molecule has 1 rings (SSSR count). The molecule has 0 bridgehead atoms. The van der Waals surface area contributed by atoms with Crippen molar-refractivity contribution >= 4 is 5.82 Å². The van der Waals surface area contributed by atoms with E-state index in [1.807, 2.05) is 0 Å². The molecule has 2 N–H and O–H groups in total. The van der Waals surface area contributed by atoms with Gasteiger partial charge in [-0.25, -0.2) is 9.97 Å². The van der Waals surface area contributed by atoms with Gasteiger partial charge in [-0.05, 0) is 12.5 Å². The van der Waals surface area contributed by atoms with Gasteiger partial charge in [0.15, 0.2) is 0 Å². The van der Waals surface area contributed by atoms with Crippen LogP contribution in [0.2, 0.25) is 0 Å². The van der Waals surface area contributed by atoms with Gasteiger partial charge in [0, 0.05) is 19.3 Å². The third kappa shape index (κ3) is 2.95. The van der Waals surface area contributed by atoms with Crippen LogP contribution in [0.25, 0.3) is 0 Å². The van der Waals surface area contributed by atoms with Crippen LogP contribution >= 0.6 is 0 Å². The maximum absolute atomic E-state index is 8.47. The van der Waals surface area contributed by atoms with Crippen molar-refractivity contribution in [1.82, 2.24) is 9.97 Å². The van der Waals surface area contributed by atoms with Crippen molar-refractivity contribution in [3.63, 3.8) is 0 Å². The number of anilines is 1. The van der Waals surface area contributed by atoms with Crippen molar-refractivity contribution in [2.75, 3.05) is 18.5 Å². The van der Waals surface area contributed by atoms with E-state index in [4.69, 9.17) is 5.11 Å². The van der Waals surface area contributed by atoms with E-state index in [1.54, 1.807) is 12.3 Å². The molecule has 1 aromatic heterocycles. The van der Waals surface area contributed by atoms with Crippen LogP contribution in [0, 0.1) is 0 Å². The second-order valence-corrected chi connectivity index (χ2v) is 2.10. The monoisotopic (exact) mass is 153 g/mol. The molecule has 0 unspecified atom stereocenters. The van der Waals surface area contributed by atoms with Gasteiger partial charge in [0.2, 0.25) is 0 Å². The summed E-state index contributed by atoms with van der Waals surface area (Å²) in [5.41, 5.74) is 0. The first-order valence-electron chi connectivity index (χ1n) is 3.54. The van der Waals surface area contributed by atoms with E-state index in [2.05, 4.69) is 15.3 Å². The van der Waals surface area contributed by atoms with Crippen LogP contribution in [-0.4, -0.2) is 28.2 Å². The number of nitrogens with zero attached hydrogens (tertiary/aromatic N) is 2. The third-order valence-electron chi connectivity index (χ3n) is 1.22. The standard InChI is InChI=1S/C7H11N3O/c11-5-1-3-9-7-2-4-8-6-10-7/h2,4,6,11H,1,3,5H2,(H,8,9,10). The molecule has 0 spiro atoms. The summed E-state index contributed by atoms with van der Waals surface area (Å²) in [5, 5.41) is 11.5. The summed E-state index contributed by atoms with van der Waals surface area (Å²) in [6.45, 7) is 0.950. The highest BCUT2D eigenvalue weighted by molar-refractivity contribution is 5.30. The molecule has 1 aromatic rings. The average molecular weight is 153 g/mol. The fourth-order valence-electron chi connectivity index (χ4n) is 0.691. The lowest BCUT2D eigenvalue weighted by molar-refractivity contribution is 0.292. The second kappa shape index (κ2) is 4.62. The highest BCUT2D eigenvalue weighted by atomic mass is 16.3. The molecular weight excluding hydrogens is 142 g/mol. The number of rotatable bonds is 4. The van der Waals surface area contributed by atoms with E-state index < -0.39 is 0 Å². The number of hydrogen-bond acceptors (Lipinski definition) is 4. The zero-order chi connectivity index (χ0) is 7.94. The van der Waals surface area contributed by atoms with Crippen molar-refractivity contribution < 1.29 is 5.11 Å². The number of hydrogen-bond donors (Lipinski definition) is 2. The van der Waals surface area contributed by atoms with Crippen LogP contribution < -0.4 is 5.32 Å². The van der Waals surface area contributed by atoms with Crippen LogP contribution in [0.1, 0.15) is 6.42 Å². The highest BCUT2D eigenvalue weighted by Gasteiger charge is 1.88. The van der Waals surface area contributed by atoms with Gasteiger partial charge in [-0.15, -0.1) is 0 Å². The van der Waals surface area contributed by atoms with E-state index in [0.717, 1.165) is 18.8 Å². The van der Waals surface area contributed by atoms with Crippen molar-refractivity contribution in [3.05, 3.63) is 18.6 Å². The summed E-state index contributed by atoms with van der Waals surface area (Å²) in [4.78, 5) is 7.72.